The van der Waals surface area contributed by atoms with Gasteiger partial charge < -0.3 is 14.5 Å². The smallest absolute Gasteiger partial charge is 0.119 e. The number of aromatic hydroxyl groups is 1. The fraction of sp³-hybridized carbons (Fsp3) is 0.286. The Morgan fingerprint density at radius 2 is 1.63 bits per heavy atom. The molecule has 4 rings (SSSR count). The SMILES string of the molecule is C[N+]1(C)CCN(c2cncc(-c3cc(O)cc(-c4cccnc4)n3)c2)CC1. The molecule has 0 amide bonds. The summed E-state index contributed by atoms with van der Waals surface area (Å²) in [6, 6.07) is 9.23. The largest absolute Gasteiger partial charge is 0.508 e. The first-order chi connectivity index (χ1) is 13.0. The maximum atomic E-state index is 10.2. The lowest BCUT2D eigenvalue weighted by Crippen LogP contribution is -2.54. The van der Waals surface area contributed by atoms with Crippen LogP contribution in [0.2, 0.25) is 0 Å². The van der Waals surface area contributed by atoms with Crippen molar-refractivity contribution < 1.29 is 9.59 Å². The van der Waals surface area contributed by atoms with Gasteiger partial charge in [-0.25, -0.2) is 4.98 Å². The first kappa shape index (κ1) is 17.4. The zero-order chi connectivity index (χ0) is 18.9. The number of nitrogens with zero attached hydrogens (tertiary/aromatic N) is 5. The summed E-state index contributed by atoms with van der Waals surface area (Å²) in [6.07, 6.45) is 7.16. The summed E-state index contributed by atoms with van der Waals surface area (Å²) in [5, 5.41) is 10.2. The topological polar surface area (TPSA) is 62.1 Å². The number of hydrogen-bond donors (Lipinski definition) is 1. The van der Waals surface area contributed by atoms with E-state index >= 15 is 0 Å². The maximum absolute atomic E-state index is 10.2. The van der Waals surface area contributed by atoms with E-state index in [-0.39, 0.29) is 5.75 Å². The Balaban J connectivity index is 1.65. The van der Waals surface area contributed by atoms with E-state index in [9.17, 15) is 5.11 Å². The highest BCUT2D eigenvalue weighted by Gasteiger charge is 2.24. The summed E-state index contributed by atoms with van der Waals surface area (Å²) in [5.41, 5.74) is 4.26. The summed E-state index contributed by atoms with van der Waals surface area (Å²) in [5.74, 6) is 0.182. The van der Waals surface area contributed by atoms with Crippen LogP contribution >= 0.6 is 0 Å². The van der Waals surface area contributed by atoms with Crippen LogP contribution in [0.1, 0.15) is 0 Å². The van der Waals surface area contributed by atoms with E-state index in [1.807, 2.05) is 18.3 Å². The lowest BCUT2D eigenvalue weighted by atomic mass is 10.1. The number of aromatic nitrogens is 3. The highest BCUT2D eigenvalue weighted by atomic mass is 16.3. The number of quaternary nitrogens is 1. The second-order valence-corrected chi connectivity index (χ2v) is 7.64. The van der Waals surface area contributed by atoms with Crippen molar-refractivity contribution in [2.24, 2.45) is 0 Å². The molecule has 1 fully saturated rings. The van der Waals surface area contributed by atoms with E-state index in [0.29, 0.717) is 11.4 Å². The van der Waals surface area contributed by atoms with Gasteiger partial charge in [-0.05, 0) is 18.2 Å². The van der Waals surface area contributed by atoms with Gasteiger partial charge in [0.05, 0.1) is 63.5 Å². The second kappa shape index (κ2) is 6.96. The second-order valence-electron chi connectivity index (χ2n) is 7.64. The third-order valence-electron chi connectivity index (χ3n) is 5.10. The maximum Gasteiger partial charge on any atom is 0.119 e. The van der Waals surface area contributed by atoms with Gasteiger partial charge in [0.1, 0.15) is 5.75 Å². The molecule has 1 N–H and O–H groups in total. The summed E-state index contributed by atoms with van der Waals surface area (Å²) in [6.45, 7) is 4.23. The molecule has 138 valence electrons. The van der Waals surface area contributed by atoms with E-state index in [1.54, 1.807) is 30.7 Å². The van der Waals surface area contributed by atoms with Gasteiger partial charge in [0.15, 0.2) is 0 Å². The average molecular weight is 362 g/mol. The molecular formula is C21H24N5O+. The monoisotopic (exact) mass is 362 g/mol. The third-order valence-corrected chi connectivity index (χ3v) is 5.10. The molecule has 4 heterocycles. The minimum Gasteiger partial charge on any atom is -0.508 e. The van der Waals surface area contributed by atoms with Gasteiger partial charge >= 0.3 is 0 Å². The van der Waals surface area contributed by atoms with Crippen LogP contribution in [0.25, 0.3) is 22.5 Å². The Morgan fingerprint density at radius 1 is 0.926 bits per heavy atom. The molecular weight excluding hydrogens is 338 g/mol. The quantitative estimate of drug-likeness (QED) is 0.726. The fourth-order valence-electron chi connectivity index (χ4n) is 3.33. The third kappa shape index (κ3) is 3.90. The molecule has 6 heteroatoms. The minimum atomic E-state index is 0.182. The molecule has 0 aliphatic carbocycles. The molecule has 27 heavy (non-hydrogen) atoms. The molecule has 3 aromatic rings. The van der Waals surface area contributed by atoms with Crippen molar-refractivity contribution in [2.75, 3.05) is 45.2 Å². The summed E-state index contributed by atoms with van der Waals surface area (Å²) < 4.78 is 1.05. The number of piperazine rings is 1. The molecule has 1 aliphatic heterocycles. The van der Waals surface area contributed by atoms with Gasteiger partial charge in [0, 0.05) is 41.9 Å². The molecule has 0 saturated carbocycles. The number of hydrogen-bond acceptors (Lipinski definition) is 5. The van der Waals surface area contributed by atoms with E-state index < -0.39 is 0 Å². The van der Waals surface area contributed by atoms with Crippen LogP contribution in [-0.4, -0.2) is 64.8 Å². The minimum absolute atomic E-state index is 0.182. The van der Waals surface area contributed by atoms with E-state index in [2.05, 4.69) is 35.0 Å². The molecule has 0 aromatic carbocycles. The zero-order valence-electron chi connectivity index (χ0n) is 15.7. The Labute approximate surface area is 159 Å². The molecule has 1 saturated heterocycles. The Morgan fingerprint density at radius 3 is 2.33 bits per heavy atom. The zero-order valence-corrected chi connectivity index (χ0v) is 15.7. The lowest BCUT2D eigenvalue weighted by Gasteiger charge is -2.40. The highest BCUT2D eigenvalue weighted by Crippen LogP contribution is 2.29. The lowest BCUT2D eigenvalue weighted by molar-refractivity contribution is -0.890. The molecule has 0 radical (unpaired) electrons. The van der Waals surface area contributed by atoms with Crippen LogP contribution in [0.15, 0.2) is 55.1 Å². The number of rotatable bonds is 3. The van der Waals surface area contributed by atoms with Crippen molar-refractivity contribution in [3.63, 3.8) is 0 Å². The van der Waals surface area contributed by atoms with E-state index in [4.69, 9.17) is 4.98 Å². The van der Waals surface area contributed by atoms with Crippen LogP contribution < -0.4 is 4.90 Å². The summed E-state index contributed by atoms with van der Waals surface area (Å²) >= 11 is 0. The van der Waals surface area contributed by atoms with Crippen molar-refractivity contribution >= 4 is 5.69 Å². The van der Waals surface area contributed by atoms with Gasteiger partial charge in [0.25, 0.3) is 0 Å². The summed E-state index contributed by atoms with van der Waals surface area (Å²) in [4.78, 5) is 15.6. The Hall–Kier alpha value is -2.99. The molecule has 0 atom stereocenters. The van der Waals surface area contributed by atoms with Gasteiger partial charge in [-0.2, -0.15) is 0 Å². The van der Waals surface area contributed by atoms with Crippen molar-refractivity contribution in [3.05, 3.63) is 55.1 Å². The van der Waals surface area contributed by atoms with Crippen LogP contribution in [0.4, 0.5) is 5.69 Å². The van der Waals surface area contributed by atoms with Gasteiger partial charge in [-0.3, -0.25) is 9.97 Å². The van der Waals surface area contributed by atoms with Gasteiger partial charge in [-0.15, -0.1) is 0 Å². The Kier molecular flexibility index (Phi) is 4.49. The predicted molar refractivity (Wildman–Crippen MR) is 106 cm³/mol. The van der Waals surface area contributed by atoms with Gasteiger partial charge in [-0.1, -0.05) is 0 Å². The Bertz CT molecular complexity index is 932. The number of pyridine rings is 3. The first-order valence-electron chi connectivity index (χ1n) is 9.14. The normalized spacial score (nSPS) is 16.3. The highest BCUT2D eigenvalue weighted by molar-refractivity contribution is 5.69. The molecule has 0 spiro atoms. The summed E-state index contributed by atoms with van der Waals surface area (Å²) in [7, 11) is 4.53. The molecule has 6 nitrogen and oxygen atoms in total. The van der Waals surface area contributed by atoms with Gasteiger partial charge in [0.2, 0.25) is 0 Å². The predicted octanol–water partition coefficient (Wildman–Crippen LogP) is 2.81. The molecule has 0 unspecified atom stereocenters. The van der Waals surface area contributed by atoms with E-state index in [0.717, 1.165) is 47.5 Å². The standard InChI is InChI=1S/C21H23N5O/c1-26(2)8-6-25(7-9-26)18-10-17(14-23-15-18)21-12-19(27)11-20(24-21)16-4-3-5-22-13-16/h3-5,10-15H,6-9H2,1-2H3/p+1. The molecule has 0 bridgehead atoms. The van der Waals surface area contributed by atoms with E-state index in [1.165, 1.54) is 0 Å². The first-order valence-corrected chi connectivity index (χ1v) is 9.14. The molecule has 3 aromatic heterocycles. The fourth-order valence-corrected chi connectivity index (χ4v) is 3.33. The average Bonchev–Trinajstić information content (AvgIpc) is 2.68. The van der Waals surface area contributed by atoms with Crippen molar-refractivity contribution in [1.29, 1.82) is 0 Å². The van der Waals surface area contributed by atoms with Crippen molar-refractivity contribution in [1.82, 2.24) is 15.0 Å². The molecule has 1 aliphatic rings. The van der Waals surface area contributed by atoms with Crippen LogP contribution in [-0.2, 0) is 0 Å². The number of anilines is 1. The van der Waals surface area contributed by atoms with Crippen LogP contribution in [0.5, 0.6) is 5.75 Å². The van der Waals surface area contributed by atoms with Crippen LogP contribution in [0.3, 0.4) is 0 Å². The van der Waals surface area contributed by atoms with Crippen molar-refractivity contribution in [3.8, 4) is 28.3 Å². The van der Waals surface area contributed by atoms with Crippen LogP contribution in [0, 0.1) is 0 Å². The number of likely N-dealkylation sites (N-methyl/N-ethyl adjacent to an activating group) is 1. The van der Waals surface area contributed by atoms with Crippen molar-refractivity contribution in [2.45, 2.75) is 0 Å².